The predicted molar refractivity (Wildman–Crippen MR) is 413 cm³/mol. The molecule has 2 atom stereocenters. The van der Waals surface area contributed by atoms with E-state index in [1.54, 1.807) is 21.0 Å². The number of rotatable bonds is 19. The number of ether oxygens (including phenoxy) is 3. The van der Waals surface area contributed by atoms with E-state index in [0.717, 1.165) is 40.9 Å². The number of para-hydroxylation sites is 2. The molecule has 0 aliphatic heterocycles. The SMILES string of the molecule is CC(C)(C)[PH+](CS(=O)(=O)O)C(C)(C)C.CC(C)N=C(C[PH+](C(C)(C)C)C(C)(C)C)[N-]C(C)C.CCC.COC(=O)C(C)C.COC(OC(C)c1cccc(C(C)C)c1[N-]C(C[PH+](C(C)(C)C)C(C)(C)C)=Nc1c(C(C)C)cccc1C(C)C)C(C)C.[CH3-].[CH3-].[CH3-].[Ni+2].[Ni+2].[Ni]. The minimum Gasteiger partial charge on any atom is -0.469 e. The number of amidine groups is 2. The van der Waals surface area contributed by atoms with Gasteiger partial charge in [0.05, 0.1) is 62.4 Å². The van der Waals surface area contributed by atoms with Crippen LogP contribution in [0, 0.1) is 34.1 Å². The summed E-state index contributed by atoms with van der Waals surface area (Å²) >= 11 is 0. The number of esters is 1. The second-order valence-electron chi connectivity index (χ2n) is 31.6. The van der Waals surface area contributed by atoms with Gasteiger partial charge in [0.25, 0.3) is 10.1 Å². The Morgan fingerprint density at radius 3 is 1.12 bits per heavy atom. The third-order valence-corrected chi connectivity index (χ3v) is 28.8. The summed E-state index contributed by atoms with van der Waals surface area (Å²) in [4.78, 5) is 20.6. The quantitative estimate of drug-likeness (QED) is 0.0215. The molecule has 2 aromatic rings. The largest absolute Gasteiger partial charge is 2.00 e. The third-order valence-electron chi connectivity index (χ3n) is 14.0. The van der Waals surface area contributed by atoms with Crippen LogP contribution in [-0.4, -0.2) is 112 Å². The van der Waals surface area contributed by atoms with Gasteiger partial charge in [0.1, 0.15) is 0 Å². The molecule has 0 bridgehead atoms. The minimum absolute atomic E-state index is 0. The van der Waals surface area contributed by atoms with Crippen molar-refractivity contribution < 1.29 is 81.4 Å². The smallest absolute Gasteiger partial charge is 0.469 e. The normalized spacial score (nSPS) is 13.1. The molecule has 0 amide bonds. The second-order valence-corrected chi connectivity index (χ2v) is 46.5. The molecule has 92 heavy (non-hydrogen) atoms. The molecular weight excluding hydrogens is 1360 g/mol. The third kappa shape index (κ3) is 45.2. The van der Waals surface area contributed by atoms with Crippen LogP contribution in [0.15, 0.2) is 46.4 Å². The van der Waals surface area contributed by atoms with Gasteiger partial charge in [0.2, 0.25) is 0 Å². The van der Waals surface area contributed by atoms with Crippen molar-refractivity contribution in [3.63, 3.8) is 0 Å². The average molecular weight is 1510 g/mol. The van der Waals surface area contributed by atoms with E-state index >= 15 is 0 Å². The topological polar surface area (TPSA) is 152 Å². The molecule has 0 saturated carbocycles. The van der Waals surface area contributed by atoms with Crippen molar-refractivity contribution in [1.29, 1.82) is 0 Å². The molecule has 0 saturated heterocycles. The summed E-state index contributed by atoms with van der Waals surface area (Å²) in [5.74, 6) is 3.14. The number of benzene rings is 2. The average Bonchev–Trinajstić information content (AvgIpc) is 3.30. The van der Waals surface area contributed by atoms with Crippen LogP contribution in [-0.2, 0) is 78.6 Å². The number of hydrogen-bond acceptors (Lipinski definition) is 8. The number of nitrogens with zero attached hydrogens (tertiary/aromatic N) is 4. The van der Waals surface area contributed by atoms with E-state index < -0.39 is 33.9 Å². The van der Waals surface area contributed by atoms with Crippen LogP contribution in [0.2, 0.25) is 0 Å². The van der Waals surface area contributed by atoms with Crippen LogP contribution in [0.5, 0.6) is 0 Å². The van der Waals surface area contributed by atoms with Gasteiger partial charge in [-0.15, -0.1) is 0 Å². The molecule has 2 rings (SSSR count). The van der Waals surface area contributed by atoms with Gasteiger partial charge in [-0.2, -0.15) is 8.42 Å². The Labute approximate surface area is 607 Å². The maximum absolute atomic E-state index is 10.9. The molecule has 1 N–H and O–H groups in total. The first-order chi connectivity index (χ1) is 38.6. The summed E-state index contributed by atoms with van der Waals surface area (Å²) in [5, 5.41) is 11.4. The molecule has 2 unspecified atom stereocenters. The van der Waals surface area contributed by atoms with Crippen LogP contribution >= 0.6 is 23.8 Å². The fourth-order valence-corrected chi connectivity index (χ4v) is 25.4. The van der Waals surface area contributed by atoms with E-state index in [-0.39, 0.29) is 128 Å². The first kappa shape index (κ1) is 110. The molecule has 0 spiro atoms. The molecule has 18 heteroatoms. The van der Waals surface area contributed by atoms with Gasteiger partial charge >= 0.3 is 39.0 Å². The maximum atomic E-state index is 10.9. The van der Waals surface area contributed by atoms with Crippen LogP contribution in [0.3, 0.4) is 0 Å². The first-order valence-corrected chi connectivity index (χ1v) is 38.9. The molecule has 11 nitrogen and oxygen atoms in total. The second kappa shape index (κ2) is 49.1. The molecule has 0 radical (unpaired) electrons. The summed E-state index contributed by atoms with van der Waals surface area (Å²) < 4.78 is 47.3. The van der Waals surface area contributed by atoms with Crippen molar-refractivity contribution in [3.05, 3.63) is 91.6 Å². The summed E-state index contributed by atoms with van der Waals surface area (Å²) in [5.41, 5.74) is 6.91. The van der Waals surface area contributed by atoms with Crippen molar-refractivity contribution in [2.24, 2.45) is 21.8 Å². The minimum atomic E-state index is -3.84. The fraction of sp³-hybridized carbons (Fsp3) is 0.757. The molecular formula is C74H147N4Ni3O7P3S+2. The van der Waals surface area contributed by atoms with Crippen molar-refractivity contribution in [2.75, 3.05) is 32.0 Å². The first-order valence-electron chi connectivity index (χ1n) is 32.2. The molecule has 554 valence electrons. The summed E-state index contributed by atoms with van der Waals surface area (Å²) in [6, 6.07) is 13.9. The van der Waals surface area contributed by atoms with Crippen molar-refractivity contribution in [3.8, 4) is 0 Å². The van der Waals surface area contributed by atoms with E-state index in [1.165, 1.54) is 30.2 Å². The van der Waals surface area contributed by atoms with Crippen LogP contribution in [0.25, 0.3) is 10.6 Å². The van der Waals surface area contributed by atoms with Gasteiger partial charge < -0.3 is 57.1 Å². The van der Waals surface area contributed by atoms with Gasteiger partial charge in [-0.1, -0.05) is 159 Å². The van der Waals surface area contributed by atoms with E-state index in [9.17, 15) is 13.2 Å². The predicted octanol–water partition coefficient (Wildman–Crippen LogP) is 23.9. The van der Waals surface area contributed by atoms with Crippen molar-refractivity contribution in [2.45, 2.75) is 322 Å². The van der Waals surface area contributed by atoms with Crippen LogP contribution < -0.4 is 0 Å². The van der Waals surface area contributed by atoms with Crippen LogP contribution in [0.1, 0.15) is 295 Å². The number of aliphatic imine (C=N–C) groups is 2. The van der Waals surface area contributed by atoms with E-state index in [1.807, 2.05) is 41.5 Å². The molecule has 0 fully saturated rings. The maximum Gasteiger partial charge on any atom is 2.00 e. The van der Waals surface area contributed by atoms with E-state index in [4.69, 9.17) is 34.6 Å². The Hall–Kier alpha value is -0.549. The Bertz CT molecular complexity index is 2360. The van der Waals surface area contributed by atoms with Gasteiger partial charge in [0, 0.05) is 53.3 Å². The monoisotopic (exact) mass is 1500 g/mol. The summed E-state index contributed by atoms with van der Waals surface area (Å²) in [7, 11) is -3.44. The summed E-state index contributed by atoms with van der Waals surface area (Å²) in [6.45, 7) is 77.1. The summed E-state index contributed by atoms with van der Waals surface area (Å²) in [6.07, 6.45) is 2.74. The van der Waals surface area contributed by atoms with Gasteiger partial charge in [-0.25, -0.2) is 0 Å². The zero-order chi connectivity index (χ0) is 68.6. The number of methoxy groups -OCH3 is 2. The Morgan fingerprint density at radius 1 is 0.554 bits per heavy atom. The van der Waals surface area contributed by atoms with Gasteiger partial charge in [-0.3, -0.25) is 9.35 Å². The number of hydrogen-bond donors (Lipinski definition) is 1. The number of carbonyl (C=O) groups excluding carboxylic acids is 1. The Morgan fingerprint density at radius 2 is 0.880 bits per heavy atom. The standard InChI is InChI=1S/C38H62N2O2P.C16H34N2P.C9H21O3PS.C5H10O2.C3H8.3CH3.3Ni/c1-24(2)29-19-17-20-30(25(3)4)34(29)39-33(23-43(37(10,11)12)38(13,14)15)40-35-31(26(5)6)21-18-22-32(35)28(9)42-36(41-16)27(7)8;1-12(2)17-14(18-13(3)4)11-19(15(5,6)7)16(8,9)10;1-8(2,3)13(9(4,5)6)7-14(10,11)12;1-4(2)5(6)7-3;1-3-2;;;;;;/h17-22,24-28,36H,23H2,1-16H3;12-13H,11H2,1-10H3;7H2,1-6H3,(H,10,11,12);4H,1-3H3;3H2,1-2H3;3*1H3;;;/q2*-1;;;;3*-1;;2*+2/p+3. The van der Waals surface area contributed by atoms with Crippen LogP contribution in [0.4, 0.5) is 11.4 Å². The Kier molecular flexibility index (Phi) is 58.7. The van der Waals surface area contributed by atoms with E-state index in [0.29, 0.717) is 40.1 Å². The van der Waals surface area contributed by atoms with Crippen molar-refractivity contribution in [1.82, 2.24) is 0 Å². The zero-order valence-electron chi connectivity index (χ0n) is 66.5. The molecule has 0 heterocycles. The molecule has 2 aromatic carbocycles. The Balaban J connectivity index is -0.000000167. The molecule has 0 aliphatic carbocycles. The zero-order valence-corrected chi connectivity index (χ0v) is 73.3. The fourth-order valence-electron chi connectivity index (χ4n) is 10.6. The molecule has 0 aliphatic rings. The van der Waals surface area contributed by atoms with Crippen molar-refractivity contribution >= 4 is 62.9 Å². The number of carbonyl (C=O) groups is 1. The van der Waals surface area contributed by atoms with E-state index in [2.05, 4.69) is 228 Å². The molecule has 0 aromatic heterocycles. The van der Waals surface area contributed by atoms with Gasteiger partial charge in [-0.05, 0) is 201 Å². The van der Waals surface area contributed by atoms with Gasteiger partial charge in [0.15, 0.2) is 11.8 Å².